The minimum absolute atomic E-state index is 0.0936. The van der Waals surface area contributed by atoms with Crippen LogP contribution in [-0.4, -0.2) is 17.0 Å². The van der Waals surface area contributed by atoms with Crippen molar-refractivity contribution in [3.63, 3.8) is 0 Å². The number of nitrogens with one attached hydrogen (secondary N) is 1. The van der Waals surface area contributed by atoms with Crippen molar-refractivity contribution in [3.05, 3.63) is 70.0 Å². The molecule has 0 heterocycles. The van der Waals surface area contributed by atoms with Crippen LogP contribution < -0.4 is 5.32 Å². The lowest BCUT2D eigenvalue weighted by molar-refractivity contribution is -0.112. The number of hydrogen-bond acceptors (Lipinski definition) is 3. The van der Waals surface area contributed by atoms with Crippen LogP contribution in [0.2, 0.25) is 5.02 Å². The van der Waals surface area contributed by atoms with Crippen molar-refractivity contribution in [2.24, 2.45) is 0 Å². The van der Waals surface area contributed by atoms with Crippen molar-refractivity contribution in [3.8, 4) is 6.07 Å². The van der Waals surface area contributed by atoms with Gasteiger partial charge >= 0.3 is 5.97 Å². The first-order valence-electron chi connectivity index (χ1n) is 6.62. The van der Waals surface area contributed by atoms with E-state index in [0.717, 1.165) is 6.07 Å². The largest absolute Gasteiger partial charge is 0.478 e. The highest BCUT2D eigenvalue weighted by molar-refractivity contribution is 6.31. The standard InChI is InChI=1S/C17H10ClFN2O3/c18-14-8-13(5-6-15(14)19)21-16(22)12(9-20)7-10-1-3-11(4-2-10)17(23)24/h1-8H,(H,21,22)(H,23,24)/b12-7+. The van der Waals surface area contributed by atoms with Gasteiger partial charge in [0.05, 0.1) is 10.6 Å². The second kappa shape index (κ2) is 7.40. The molecule has 0 unspecified atom stereocenters. The third-order valence-corrected chi connectivity index (χ3v) is 3.30. The number of carbonyl (C=O) groups excluding carboxylic acids is 1. The van der Waals surface area contributed by atoms with E-state index in [1.165, 1.54) is 42.5 Å². The fourth-order valence-corrected chi connectivity index (χ4v) is 1.99. The van der Waals surface area contributed by atoms with Gasteiger partial charge in [-0.15, -0.1) is 0 Å². The minimum Gasteiger partial charge on any atom is -0.478 e. The average molecular weight is 345 g/mol. The van der Waals surface area contributed by atoms with E-state index in [0.29, 0.717) is 5.56 Å². The molecule has 0 atom stereocenters. The summed E-state index contributed by atoms with van der Waals surface area (Å²) in [6, 6.07) is 11.1. The summed E-state index contributed by atoms with van der Waals surface area (Å²) in [5.74, 6) is -2.39. The average Bonchev–Trinajstić information content (AvgIpc) is 2.56. The Morgan fingerprint density at radius 3 is 2.42 bits per heavy atom. The quantitative estimate of drug-likeness (QED) is 0.653. The zero-order valence-corrected chi connectivity index (χ0v) is 12.8. The Hall–Kier alpha value is -3.17. The Morgan fingerprint density at radius 2 is 1.88 bits per heavy atom. The Labute approximate surface area is 141 Å². The van der Waals surface area contributed by atoms with E-state index < -0.39 is 17.7 Å². The normalized spacial score (nSPS) is 10.8. The molecule has 0 spiro atoms. The number of nitriles is 1. The zero-order chi connectivity index (χ0) is 17.7. The van der Waals surface area contributed by atoms with Crippen LogP contribution in [0.1, 0.15) is 15.9 Å². The second-order valence-corrected chi connectivity index (χ2v) is 5.09. The number of benzene rings is 2. The maximum absolute atomic E-state index is 13.1. The second-order valence-electron chi connectivity index (χ2n) is 4.68. The topological polar surface area (TPSA) is 90.2 Å². The maximum Gasteiger partial charge on any atom is 0.335 e. The third kappa shape index (κ3) is 4.18. The number of carbonyl (C=O) groups is 2. The van der Waals surface area contributed by atoms with Gasteiger partial charge in [0.15, 0.2) is 0 Å². The van der Waals surface area contributed by atoms with Crippen LogP contribution in [0, 0.1) is 17.1 Å². The summed E-state index contributed by atoms with van der Waals surface area (Å²) >= 11 is 5.63. The van der Waals surface area contributed by atoms with Gasteiger partial charge in [0.2, 0.25) is 0 Å². The summed E-state index contributed by atoms with van der Waals surface area (Å²) in [7, 11) is 0. The van der Waals surface area contributed by atoms with Crippen molar-refractivity contribution in [2.75, 3.05) is 5.32 Å². The fraction of sp³-hybridized carbons (Fsp3) is 0. The molecule has 1 amide bonds. The highest BCUT2D eigenvalue weighted by Crippen LogP contribution is 2.20. The van der Waals surface area contributed by atoms with Gasteiger partial charge < -0.3 is 10.4 Å². The van der Waals surface area contributed by atoms with Gasteiger partial charge in [-0.1, -0.05) is 23.7 Å². The molecule has 0 aliphatic rings. The molecule has 0 aliphatic carbocycles. The van der Waals surface area contributed by atoms with Crippen LogP contribution in [0.4, 0.5) is 10.1 Å². The van der Waals surface area contributed by atoms with Crippen LogP contribution in [0.3, 0.4) is 0 Å². The van der Waals surface area contributed by atoms with Gasteiger partial charge in [0.1, 0.15) is 17.5 Å². The number of carboxylic acid groups (broad SMARTS) is 1. The predicted octanol–water partition coefficient (Wildman–Crippen LogP) is 3.72. The number of nitrogens with zero attached hydrogens (tertiary/aromatic N) is 1. The molecule has 0 bridgehead atoms. The fourth-order valence-electron chi connectivity index (χ4n) is 1.81. The van der Waals surface area contributed by atoms with Crippen LogP contribution in [0.15, 0.2) is 48.0 Å². The molecule has 0 aliphatic heterocycles. The molecule has 0 fully saturated rings. The van der Waals surface area contributed by atoms with Gasteiger partial charge in [0.25, 0.3) is 5.91 Å². The predicted molar refractivity (Wildman–Crippen MR) is 87.0 cm³/mol. The molecule has 120 valence electrons. The zero-order valence-electron chi connectivity index (χ0n) is 12.1. The SMILES string of the molecule is N#C/C(=C\c1ccc(C(=O)O)cc1)C(=O)Nc1ccc(F)c(Cl)c1. The Bertz CT molecular complexity index is 870. The molecule has 5 nitrogen and oxygen atoms in total. The van der Waals surface area contributed by atoms with E-state index in [1.807, 2.05) is 0 Å². The van der Waals surface area contributed by atoms with Gasteiger partial charge in [-0.05, 0) is 42.0 Å². The van der Waals surface area contributed by atoms with E-state index in [2.05, 4.69) is 5.32 Å². The molecular formula is C17H10ClFN2O3. The van der Waals surface area contributed by atoms with Crippen molar-refractivity contribution < 1.29 is 19.1 Å². The Kier molecular flexibility index (Phi) is 5.30. The first kappa shape index (κ1) is 17.2. The van der Waals surface area contributed by atoms with Crippen molar-refractivity contribution in [1.82, 2.24) is 0 Å². The lowest BCUT2D eigenvalue weighted by Crippen LogP contribution is -2.13. The summed E-state index contributed by atoms with van der Waals surface area (Å²) in [4.78, 5) is 22.9. The van der Waals surface area contributed by atoms with Gasteiger partial charge in [-0.2, -0.15) is 5.26 Å². The molecule has 24 heavy (non-hydrogen) atoms. The third-order valence-electron chi connectivity index (χ3n) is 3.01. The number of hydrogen-bond donors (Lipinski definition) is 2. The summed E-state index contributed by atoms with van der Waals surface area (Å²) in [5, 5.41) is 20.2. The van der Waals surface area contributed by atoms with Crippen molar-refractivity contribution in [2.45, 2.75) is 0 Å². The molecule has 0 saturated carbocycles. The van der Waals surface area contributed by atoms with E-state index in [9.17, 15) is 14.0 Å². The lowest BCUT2D eigenvalue weighted by Gasteiger charge is -2.05. The van der Waals surface area contributed by atoms with Crippen molar-refractivity contribution in [1.29, 1.82) is 5.26 Å². The van der Waals surface area contributed by atoms with Crippen LogP contribution in [0.5, 0.6) is 0 Å². The number of amides is 1. The molecule has 2 aromatic carbocycles. The van der Waals surface area contributed by atoms with Crippen LogP contribution in [0.25, 0.3) is 6.08 Å². The monoisotopic (exact) mass is 344 g/mol. The first-order valence-corrected chi connectivity index (χ1v) is 7.00. The Morgan fingerprint density at radius 1 is 1.21 bits per heavy atom. The van der Waals surface area contributed by atoms with Gasteiger partial charge in [-0.25, -0.2) is 9.18 Å². The van der Waals surface area contributed by atoms with Crippen molar-refractivity contribution >= 4 is 35.2 Å². The lowest BCUT2D eigenvalue weighted by atomic mass is 10.1. The molecule has 7 heteroatoms. The van der Waals surface area contributed by atoms with E-state index in [4.69, 9.17) is 22.0 Å². The molecule has 2 N–H and O–H groups in total. The van der Waals surface area contributed by atoms with E-state index >= 15 is 0 Å². The number of anilines is 1. The molecule has 0 aromatic heterocycles. The summed E-state index contributed by atoms with van der Waals surface area (Å²) in [6.07, 6.45) is 1.31. The van der Waals surface area contributed by atoms with E-state index in [1.54, 1.807) is 6.07 Å². The van der Waals surface area contributed by atoms with Crippen LogP contribution in [-0.2, 0) is 4.79 Å². The number of aromatic carboxylic acids is 1. The summed E-state index contributed by atoms with van der Waals surface area (Å²) < 4.78 is 13.1. The maximum atomic E-state index is 13.1. The molecule has 0 radical (unpaired) electrons. The van der Waals surface area contributed by atoms with Crippen LogP contribution >= 0.6 is 11.6 Å². The van der Waals surface area contributed by atoms with Gasteiger partial charge in [0, 0.05) is 5.69 Å². The number of rotatable bonds is 4. The highest BCUT2D eigenvalue weighted by atomic mass is 35.5. The first-order chi connectivity index (χ1) is 11.4. The molecule has 2 rings (SSSR count). The summed E-state index contributed by atoms with van der Waals surface area (Å²) in [5.41, 5.74) is 0.632. The highest BCUT2D eigenvalue weighted by Gasteiger charge is 2.11. The molecule has 0 saturated heterocycles. The van der Waals surface area contributed by atoms with E-state index in [-0.39, 0.29) is 21.8 Å². The molecular weight excluding hydrogens is 335 g/mol. The van der Waals surface area contributed by atoms with Gasteiger partial charge in [-0.3, -0.25) is 4.79 Å². The summed E-state index contributed by atoms with van der Waals surface area (Å²) in [6.45, 7) is 0. The minimum atomic E-state index is -1.07. The molecule has 2 aromatic rings. The Balaban J connectivity index is 2.20. The number of halogens is 2. The smallest absolute Gasteiger partial charge is 0.335 e. The number of carboxylic acids is 1.